The molecular weight excluding hydrogens is 532 g/mol. The fourth-order valence-electron chi connectivity index (χ4n) is 3.96. The summed E-state index contributed by atoms with van der Waals surface area (Å²) < 4.78 is 34.2. The summed E-state index contributed by atoms with van der Waals surface area (Å²) in [4.78, 5) is 12.1. The van der Waals surface area contributed by atoms with E-state index in [1.54, 1.807) is 23.9 Å². The normalized spacial score (nSPS) is 12.0. The summed E-state index contributed by atoms with van der Waals surface area (Å²) in [6.07, 6.45) is 0. The highest BCUT2D eigenvalue weighted by Crippen LogP contribution is 2.33. The van der Waals surface area contributed by atoms with Crippen molar-refractivity contribution in [2.75, 3.05) is 7.11 Å². The molecule has 2 aromatic heterocycles. The highest BCUT2D eigenvalue weighted by molar-refractivity contribution is 7.92. The molecule has 11 heteroatoms. The van der Waals surface area contributed by atoms with E-state index in [9.17, 15) is 13.2 Å². The van der Waals surface area contributed by atoms with Crippen molar-refractivity contribution >= 4 is 49.7 Å². The minimum Gasteiger partial charge on any atom is -0.496 e. The molecule has 0 radical (unpaired) electrons. The van der Waals surface area contributed by atoms with Gasteiger partial charge in [0, 0.05) is 12.1 Å². The van der Waals surface area contributed by atoms with Gasteiger partial charge in [0.2, 0.25) is 0 Å². The second kappa shape index (κ2) is 10.7. The molecule has 2 aromatic carbocycles. The van der Waals surface area contributed by atoms with E-state index in [1.165, 1.54) is 6.07 Å². The lowest BCUT2D eigenvalue weighted by atomic mass is 10.1. The number of methoxy groups -OCH3 is 1. The van der Waals surface area contributed by atoms with Gasteiger partial charge in [0.1, 0.15) is 15.7 Å². The number of ether oxygens (including phenoxy) is 1. The molecule has 196 valence electrons. The number of sulfone groups is 1. The van der Waals surface area contributed by atoms with Gasteiger partial charge in [-0.15, -0.1) is 11.3 Å². The first kappa shape index (κ1) is 27.0. The van der Waals surface area contributed by atoms with Crippen LogP contribution in [0.5, 0.6) is 5.75 Å². The smallest absolute Gasteiger partial charge is 0.315 e. The molecule has 0 saturated heterocycles. The van der Waals surface area contributed by atoms with Crippen LogP contribution in [-0.2, 0) is 28.7 Å². The predicted octanol–water partition coefficient (Wildman–Crippen LogP) is 5.38. The zero-order valence-electron chi connectivity index (χ0n) is 21.0. The second-order valence-corrected chi connectivity index (χ2v) is 13.6. The number of nitrogens with one attached hydrogen (secondary N) is 2. The number of hydrogen-bond donors (Lipinski definition) is 2. The quantitative estimate of drug-likeness (QED) is 0.301. The van der Waals surface area contributed by atoms with Crippen LogP contribution in [0.2, 0.25) is 4.34 Å². The van der Waals surface area contributed by atoms with Crippen LogP contribution in [0.4, 0.5) is 4.79 Å². The average Bonchev–Trinajstić information content (AvgIpc) is 3.41. The number of carbonyl (C=O) groups is 1. The van der Waals surface area contributed by atoms with Crippen LogP contribution in [0.15, 0.2) is 58.8 Å². The van der Waals surface area contributed by atoms with Gasteiger partial charge in [-0.25, -0.2) is 13.2 Å². The molecule has 0 spiro atoms. The molecule has 0 atom stereocenters. The number of halogens is 1. The number of aromatic nitrogens is 2. The van der Waals surface area contributed by atoms with Crippen LogP contribution < -0.4 is 15.4 Å². The van der Waals surface area contributed by atoms with E-state index in [2.05, 4.69) is 10.6 Å². The molecule has 0 saturated carbocycles. The molecule has 0 aliphatic rings. The molecule has 4 rings (SSSR count). The van der Waals surface area contributed by atoms with Gasteiger partial charge in [-0.2, -0.15) is 5.10 Å². The van der Waals surface area contributed by atoms with Crippen LogP contribution in [0.1, 0.15) is 37.6 Å². The largest absolute Gasteiger partial charge is 0.496 e. The van der Waals surface area contributed by atoms with Crippen LogP contribution in [-0.4, -0.2) is 36.9 Å². The standard InChI is InChI=1S/C26H29ClN4O4S2/c1-26(2,3)29-25(32)28-14-17-7-5-8-18(13-17)15-31-20-9-6-10-21(35-4)24(20)19(30-31)16-37(33,34)23-12-11-22(27)36-23/h5-13H,14-16H2,1-4H3,(H2,28,29,32). The van der Waals surface area contributed by atoms with Crippen molar-refractivity contribution < 1.29 is 17.9 Å². The summed E-state index contributed by atoms with van der Waals surface area (Å²) in [6, 6.07) is 16.2. The van der Waals surface area contributed by atoms with Gasteiger partial charge in [-0.05, 0) is 56.2 Å². The SMILES string of the molecule is COc1cccc2c1c(CS(=O)(=O)c1ccc(Cl)s1)nn2Cc1cccc(CNC(=O)NC(C)(C)C)c1. The maximum absolute atomic E-state index is 13.1. The van der Waals surface area contributed by atoms with Gasteiger partial charge >= 0.3 is 6.03 Å². The first-order valence-corrected chi connectivity index (χ1v) is 14.4. The molecule has 2 N–H and O–H groups in total. The lowest BCUT2D eigenvalue weighted by Crippen LogP contribution is -2.46. The van der Waals surface area contributed by atoms with Crippen molar-refractivity contribution in [1.29, 1.82) is 0 Å². The van der Waals surface area contributed by atoms with Crippen LogP contribution in [0, 0.1) is 0 Å². The minimum absolute atomic E-state index is 0.200. The van der Waals surface area contributed by atoms with Gasteiger partial charge in [0.25, 0.3) is 0 Å². The molecule has 2 amide bonds. The molecule has 0 bridgehead atoms. The highest BCUT2D eigenvalue weighted by Gasteiger charge is 2.24. The Kier molecular flexibility index (Phi) is 7.82. The topological polar surface area (TPSA) is 102 Å². The minimum atomic E-state index is -3.65. The monoisotopic (exact) mass is 560 g/mol. The van der Waals surface area contributed by atoms with Gasteiger partial charge in [-0.3, -0.25) is 4.68 Å². The Morgan fingerprint density at radius 1 is 1.11 bits per heavy atom. The van der Waals surface area contributed by atoms with E-state index in [0.29, 0.717) is 34.3 Å². The number of hydrogen-bond acceptors (Lipinski definition) is 6. The Morgan fingerprint density at radius 3 is 2.51 bits per heavy atom. The molecule has 37 heavy (non-hydrogen) atoms. The Balaban J connectivity index is 1.61. The van der Waals surface area contributed by atoms with Gasteiger partial charge in [0.15, 0.2) is 9.84 Å². The molecule has 0 aliphatic carbocycles. The number of thiophene rings is 1. The number of benzene rings is 2. The summed E-state index contributed by atoms with van der Waals surface area (Å²) in [7, 11) is -2.10. The molecule has 8 nitrogen and oxygen atoms in total. The average molecular weight is 561 g/mol. The van der Waals surface area contributed by atoms with Gasteiger partial charge < -0.3 is 15.4 Å². The fourth-order valence-corrected chi connectivity index (χ4v) is 6.81. The lowest BCUT2D eigenvalue weighted by Gasteiger charge is -2.20. The van der Waals surface area contributed by atoms with E-state index in [-0.39, 0.29) is 21.5 Å². The summed E-state index contributed by atoms with van der Waals surface area (Å²) >= 11 is 7.00. The Hall–Kier alpha value is -3.08. The van der Waals surface area contributed by atoms with Crippen molar-refractivity contribution in [3.63, 3.8) is 0 Å². The lowest BCUT2D eigenvalue weighted by molar-refractivity contribution is 0.231. The Labute approximate surface area is 225 Å². The zero-order chi connectivity index (χ0) is 26.8. The van der Waals surface area contributed by atoms with Crippen molar-refractivity contribution in [2.45, 2.75) is 49.4 Å². The Morgan fingerprint density at radius 2 is 1.84 bits per heavy atom. The van der Waals surface area contributed by atoms with Crippen molar-refractivity contribution in [2.24, 2.45) is 0 Å². The van der Waals surface area contributed by atoms with Crippen molar-refractivity contribution in [1.82, 2.24) is 20.4 Å². The third kappa shape index (κ3) is 6.63. The molecular formula is C26H29ClN4O4S2. The molecule has 2 heterocycles. The summed E-state index contributed by atoms with van der Waals surface area (Å²) in [5, 5.41) is 11.1. The molecule has 0 aliphatic heterocycles. The number of amides is 2. The number of fused-ring (bicyclic) bond motifs is 1. The van der Waals surface area contributed by atoms with E-state index in [1.807, 2.05) is 57.2 Å². The summed E-state index contributed by atoms with van der Waals surface area (Å²) in [6.45, 7) is 6.55. The summed E-state index contributed by atoms with van der Waals surface area (Å²) in [5.41, 5.74) is 2.75. The first-order chi connectivity index (χ1) is 17.4. The predicted molar refractivity (Wildman–Crippen MR) is 147 cm³/mol. The van der Waals surface area contributed by atoms with E-state index >= 15 is 0 Å². The number of urea groups is 1. The second-order valence-electron chi connectivity index (χ2n) is 9.65. The highest BCUT2D eigenvalue weighted by atomic mass is 35.5. The third-order valence-corrected chi connectivity index (χ3v) is 8.92. The maximum Gasteiger partial charge on any atom is 0.315 e. The number of carbonyl (C=O) groups excluding carboxylic acids is 1. The van der Waals surface area contributed by atoms with E-state index in [0.717, 1.165) is 28.0 Å². The molecule has 4 aromatic rings. The van der Waals surface area contributed by atoms with E-state index in [4.69, 9.17) is 21.4 Å². The third-order valence-electron chi connectivity index (χ3n) is 5.48. The van der Waals surface area contributed by atoms with Crippen molar-refractivity contribution in [3.05, 3.63) is 75.8 Å². The number of nitrogens with zero attached hydrogens (tertiary/aromatic N) is 2. The van der Waals surface area contributed by atoms with Crippen molar-refractivity contribution in [3.8, 4) is 5.75 Å². The van der Waals surface area contributed by atoms with Crippen LogP contribution in [0.25, 0.3) is 10.9 Å². The maximum atomic E-state index is 13.1. The molecule has 0 unspecified atom stereocenters. The van der Waals surface area contributed by atoms with E-state index < -0.39 is 9.84 Å². The zero-order valence-corrected chi connectivity index (χ0v) is 23.4. The Bertz CT molecular complexity index is 1540. The van der Waals surface area contributed by atoms with Crippen LogP contribution in [0.3, 0.4) is 0 Å². The van der Waals surface area contributed by atoms with Gasteiger partial charge in [0.05, 0.1) is 34.6 Å². The first-order valence-electron chi connectivity index (χ1n) is 11.6. The molecule has 0 fully saturated rings. The van der Waals surface area contributed by atoms with Gasteiger partial charge in [-0.1, -0.05) is 41.9 Å². The van der Waals surface area contributed by atoms with Crippen LogP contribution >= 0.6 is 22.9 Å². The number of rotatable bonds is 8. The summed E-state index contributed by atoms with van der Waals surface area (Å²) in [5.74, 6) is 0.279. The fraction of sp³-hybridized carbons (Fsp3) is 0.308.